The molecule has 2 rings (SSSR count). The average Bonchev–Trinajstić information content (AvgIpc) is 2.72. The van der Waals surface area contributed by atoms with Crippen LogP contribution in [0, 0.1) is 0 Å². The van der Waals surface area contributed by atoms with Crippen LogP contribution in [-0.2, 0) is 6.42 Å². The third-order valence-corrected chi connectivity index (χ3v) is 3.76. The van der Waals surface area contributed by atoms with Crippen LogP contribution in [0.25, 0.3) is 0 Å². The predicted octanol–water partition coefficient (Wildman–Crippen LogP) is 1.92. The molecule has 0 bridgehead atoms. The quantitative estimate of drug-likeness (QED) is 0.763. The second-order valence-corrected chi connectivity index (χ2v) is 4.81. The molecule has 1 fully saturated rings. The summed E-state index contributed by atoms with van der Waals surface area (Å²) in [4.78, 5) is 0. The Morgan fingerprint density at radius 3 is 3.00 bits per heavy atom. The molecule has 1 unspecified atom stereocenters. The first-order valence-electron chi connectivity index (χ1n) is 4.86. The third-order valence-electron chi connectivity index (χ3n) is 2.37. The van der Waals surface area contributed by atoms with E-state index in [9.17, 15) is 0 Å². The van der Waals surface area contributed by atoms with Crippen LogP contribution in [-0.4, -0.2) is 28.3 Å². The van der Waals surface area contributed by atoms with Gasteiger partial charge in [0.05, 0.1) is 12.8 Å². The fraction of sp³-hybridized carbons (Fsp3) is 0.600. The molecule has 14 heavy (non-hydrogen) atoms. The molecule has 0 saturated carbocycles. The van der Waals surface area contributed by atoms with E-state index < -0.39 is 0 Å². The largest absolute Gasteiger partial charge is 0.480 e. The van der Waals surface area contributed by atoms with E-state index in [1.54, 1.807) is 7.11 Å². The van der Waals surface area contributed by atoms with Gasteiger partial charge in [0, 0.05) is 17.7 Å². The molecule has 0 aromatic carbocycles. The number of nitrogens with zero attached hydrogens (tertiary/aromatic N) is 2. The Kier molecular flexibility index (Phi) is 3.24. The van der Waals surface area contributed by atoms with Crippen molar-refractivity contribution in [1.29, 1.82) is 0 Å². The lowest BCUT2D eigenvalue weighted by Gasteiger charge is -2.06. The Hall–Kier alpha value is -0.770. The summed E-state index contributed by atoms with van der Waals surface area (Å²) in [7, 11) is 1.61. The van der Waals surface area contributed by atoms with Crippen LogP contribution in [0.3, 0.4) is 0 Å². The van der Waals surface area contributed by atoms with Crippen molar-refractivity contribution in [2.45, 2.75) is 24.5 Å². The lowest BCUT2D eigenvalue weighted by molar-refractivity contribution is 0.391. The summed E-state index contributed by atoms with van der Waals surface area (Å²) >= 11 is 2.05. The van der Waals surface area contributed by atoms with E-state index in [1.165, 1.54) is 18.6 Å². The van der Waals surface area contributed by atoms with E-state index in [2.05, 4.69) is 10.2 Å². The van der Waals surface area contributed by atoms with Gasteiger partial charge >= 0.3 is 0 Å². The normalized spacial score (nSPS) is 21.1. The highest BCUT2D eigenvalue weighted by molar-refractivity contribution is 8.00. The number of aromatic nitrogens is 2. The monoisotopic (exact) mass is 210 g/mol. The first-order valence-corrected chi connectivity index (χ1v) is 5.91. The molecule has 0 N–H and O–H groups in total. The molecule has 1 saturated heterocycles. The van der Waals surface area contributed by atoms with Crippen molar-refractivity contribution in [3.63, 3.8) is 0 Å². The molecule has 1 aromatic heterocycles. The van der Waals surface area contributed by atoms with E-state index in [4.69, 9.17) is 4.74 Å². The summed E-state index contributed by atoms with van der Waals surface area (Å²) in [6, 6.07) is 3.88. The van der Waals surface area contributed by atoms with Gasteiger partial charge in [-0.1, -0.05) is 0 Å². The predicted molar refractivity (Wildman–Crippen MR) is 57.8 cm³/mol. The molecule has 0 aliphatic carbocycles. The second-order valence-electron chi connectivity index (χ2n) is 3.41. The lowest BCUT2D eigenvalue weighted by Crippen LogP contribution is -2.04. The van der Waals surface area contributed by atoms with Gasteiger partial charge in [-0.15, -0.1) is 5.10 Å². The first kappa shape index (κ1) is 9.77. The van der Waals surface area contributed by atoms with Crippen LogP contribution in [0.1, 0.15) is 18.5 Å². The van der Waals surface area contributed by atoms with Crippen LogP contribution in [0.5, 0.6) is 5.88 Å². The second kappa shape index (κ2) is 4.64. The molecule has 1 atom stereocenters. The summed E-state index contributed by atoms with van der Waals surface area (Å²) in [6.45, 7) is 0. The molecule has 76 valence electrons. The highest BCUT2D eigenvalue weighted by Gasteiger charge is 2.16. The fourth-order valence-corrected chi connectivity index (χ4v) is 2.89. The van der Waals surface area contributed by atoms with E-state index >= 15 is 0 Å². The number of hydrogen-bond acceptors (Lipinski definition) is 4. The van der Waals surface area contributed by atoms with Crippen molar-refractivity contribution in [3.05, 3.63) is 17.8 Å². The Bertz CT molecular complexity index is 283. The Balaban J connectivity index is 1.95. The maximum absolute atomic E-state index is 4.96. The van der Waals surface area contributed by atoms with Crippen LogP contribution in [0.15, 0.2) is 12.1 Å². The van der Waals surface area contributed by atoms with Crippen molar-refractivity contribution in [2.24, 2.45) is 0 Å². The number of rotatable bonds is 3. The summed E-state index contributed by atoms with van der Waals surface area (Å²) in [5.74, 6) is 1.89. The number of thioether (sulfide) groups is 1. The van der Waals surface area contributed by atoms with Gasteiger partial charge in [-0.25, -0.2) is 0 Å². The zero-order valence-corrected chi connectivity index (χ0v) is 9.09. The van der Waals surface area contributed by atoms with E-state index in [0.717, 1.165) is 17.4 Å². The minimum Gasteiger partial charge on any atom is -0.480 e. The number of ether oxygens (including phenoxy) is 1. The van der Waals surface area contributed by atoms with Gasteiger partial charge in [0.1, 0.15) is 0 Å². The Morgan fingerprint density at radius 1 is 1.50 bits per heavy atom. The summed E-state index contributed by atoms with van der Waals surface area (Å²) in [5, 5.41) is 8.83. The molecule has 0 radical (unpaired) electrons. The van der Waals surface area contributed by atoms with Gasteiger partial charge in [0.25, 0.3) is 0 Å². The van der Waals surface area contributed by atoms with Gasteiger partial charge < -0.3 is 4.74 Å². The van der Waals surface area contributed by atoms with Crippen molar-refractivity contribution in [1.82, 2.24) is 10.2 Å². The Morgan fingerprint density at radius 2 is 2.43 bits per heavy atom. The smallest absolute Gasteiger partial charge is 0.233 e. The topological polar surface area (TPSA) is 35.0 Å². The molecule has 4 heteroatoms. The van der Waals surface area contributed by atoms with Gasteiger partial charge in [-0.2, -0.15) is 16.9 Å². The third kappa shape index (κ3) is 2.38. The molecule has 0 spiro atoms. The molecule has 1 aromatic rings. The van der Waals surface area contributed by atoms with Crippen LogP contribution < -0.4 is 4.74 Å². The zero-order chi connectivity index (χ0) is 9.80. The summed E-state index contributed by atoms with van der Waals surface area (Å²) < 4.78 is 4.96. The van der Waals surface area contributed by atoms with Crippen LogP contribution >= 0.6 is 11.8 Å². The molecular weight excluding hydrogens is 196 g/mol. The van der Waals surface area contributed by atoms with Gasteiger partial charge in [0.15, 0.2) is 0 Å². The maximum atomic E-state index is 4.96. The van der Waals surface area contributed by atoms with Crippen LogP contribution in [0.2, 0.25) is 0 Å². The summed E-state index contributed by atoms with van der Waals surface area (Å²) in [6.07, 6.45) is 3.71. The number of hydrogen-bond donors (Lipinski definition) is 0. The van der Waals surface area contributed by atoms with Crippen molar-refractivity contribution in [2.75, 3.05) is 12.9 Å². The highest BCUT2D eigenvalue weighted by atomic mass is 32.2. The minimum atomic E-state index is 0.591. The van der Waals surface area contributed by atoms with Crippen LogP contribution in [0.4, 0.5) is 0 Å². The maximum Gasteiger partial charge on any atom is 0.233 e. The van der Waals surface area contributed by atoms with Gasteiger partial charge in [-0.05, 0) is 24.7 Å². The van der Waals surface area contributed by atoms with Crippen molar-refractivity contribution >= 4 is 11.8 Å². The highest BCUT2D eigenvalue weighted by Crippen LogP contribution is 2.28. The standard InChI is InChI=1S/C10H14N2OS/c1-13-10-5-4-8(11-12-10)7-9-3-2-6-14-9/h4-5,9H,2-3,6-7H2,1H3. The Labute approximate surface area is 88.3 Å². The first-order chi connectivity index (χ1) is 6.88. The molecule has 1 aliphatic rings. The van der Waals surface area contributed by atoms with Crippen molar-refractivity contribution in [3.8, 4) is 5.88 Å². The van der Waals surface area contributed by atoms with E-state index in [-0.39, 0.29) is 0 Å². The van der Waals surface area contributed by atoms with Gasteiger partial charge in [-0.3, -0.25) is 0 Å². The molecular formula is C10H14N2OS. The zero-order valence-electron chi connectivity index (χ0n) is 8.27. The lowest BCUT2D eigenvalue weighted by atomic mass is 10.1. The minimum absolute atomic E-state index is 0.591. The summed E-state index contributed by atoms with van der Waals surface area (Å²) in [5.41, 5.74) is 1.07. The average molecular weight is 210 g/mol. The van der Waals surface area contributed by atoms with E-state index in [1.807, 2.05) is 23.9 Å². The molecule has 0 amide bonds. The molecule has 2 heterocycles. The number of methoxy groups -OCH3 is 1. The van der Waals surface area contributed by atoms with E-state index in [0.29, 0.717) is 5.88 Å². The fourth-order valence-electron chi connectivity index (χ4n) is 1.60. The SMILES string of the molecule is COc1ccc(CC2CCCS2)nn1. The molecule has 1 aliphatic heterocycles. The van der Waals surface area contributed by atoms with Crippen molar-refractivity contribution < 1.29 is 4.74 Å². The molecule has 3 nitrogen and oxygen atoms in total. The van der Waals surface area contributed by atoms with Gasteiger partial charge in [0.2, 0.25) is 5.88 Å².